The van der Waals surface area contributed by atoms with Crippen molar-refractivity contribution in [2.75, 3.05) is 38.3 Å². The lowest BCUT2D eigenvalue weighted by atomic mass is 10.1. The number of nitrogens with zero attached hydrogens (tertiary/aromatic N) is 2. The van der Waals surface area contributed by atoms with Gasteiger partial charge in [-0.3, -0.25) is 0 Å². The topological polar surface area (TPSA) is 57.6 Å². The summed E-state index contributed by atoms with van der Waals surface area (Å²) in [4.78, 5) is 6.73. The fourth-order valence-corrected chi connectivity index (χ4v) is 2.21. The standard InChI is InChI=1S/C14H23N3O2/c1-19-9-6-15-10-12-2-3-14(16-11-12)17-7-4-13(18)5-8-17/h2-3,11,13,15,18H,4-10H2,1H3. The fraction of sp³-hybridized carbons (Fsp3) is 0.643. The molecule has 5 nitrogen and oxygen atoms in total. The Hall–Kier alpha value is -1.17. The third-order valence-electron chi connectivity index (χ3n) is 3.41. The van der Waals surface area contributed by atoms with Crippen LogP contribution in [0.3, 0.4) is 0 Å². The highest BCUT2D eigenvalue weighted by Crippen LogP contribution is 2.17. The van der Waals surface area contributed by atoms with Gasteiger partial charge >= 0.3 is 0 Å². The summed E-state index contributed by atoms with van der Waals surface area (Å²) >= 11 is 0. The van der Waals surface area contributed by atoms with Crippen LogP contribution < -0.4 is 10.2 Å². The Morgan fingerprint density at radius 1 is 1.42 bits per heavy atom. The molecule has 1 aromatic heterocycles. The largest absolute Gasteiger partial charge is 0.393 e. The first-order valence-electron chi connectivity index (χ1n) is 6.87. The van der Waals surface area contributed by atoms with Crippen LogP contribution >= 0.6 is 0 Å². The summed E-state index contributed by atoms with van der Waals surface area (Å²) in [5.41, 5.74) is 1.18. The average Bonchev–Trinajstić information content (AvgIpc) is 2.45. The van der Waals surface area contributed by atoms with Crippen molar-refractivity contribution in [3.05, 3.63) is 23.9 Å². The lowest BCUT2D eigenvalue weighted by Crippen LogP contribution is -2.36. The van der Waals surface area contributed by atoms with E-state index < -0.39 is 0 Å². The first-order chi connectivity index (χ1) is 9.29. The Kier molecular flexibility index (Phi) is 5.57. The molecule has 1 saturated heterocycles. The first-order valence-corrected chi connectivity index (χ1v) is 6.87. The molecule has 2 N–H and O–H groups in total. The molecule has 2 heterocycles. The second kappa shape index (κ2) is 7.43. The van der Waals surface area contributed by atoms with Gasteiger partial charge in [0, 0.05) is 39.5 Å². The minimum atomic E-state index is -0.138. The number of hydrogen-bond acceptors (Lipinski definition) is 5. The number of anilines is 1. The van der Waals surface area contributed by atoms with E-state index in [0.717, 1.165) is 51.4 Å². The smallest absolute Gasteiger partial charge is 0.128 e. The van der Waals surface area contributed by atoms with Crippen molar-refractivity contribution in [3.63, 3.8) is 0 Å². The number of piperidine rings is 1. The highest BCUT2D eigenvalue weighted by Gasteiger charge is 2.17. The summed E-state index contributed by atoms with van der Waals surface area (Å²) in [6.45, 7) is 4.17. The van der Waals surface area contributed by atoms with Crippen molar-refractivity contribution in [3.8, 4) is 0 Å². The van der Waals surface area contributed by atoms with E-state index in [1.54, 1.807) is 7.11 Å². The first kappa shape index (κ1) is 14.2. The van der Waals surface area contributed by atoms with E-state index in [1.807, 2.05) is 6.20 Å². The summed E-state index contributed by atoms with van der Waals surface area (Å²) in [5, 5.41) is 12.8. The van der Waals surface area contributed by atoms with E-state index >= 15 is 0 Å². The predicted octanol–water partition coefficient (Wildman–Crippen LogP) is 0.779. The van der Waals surface area contributed by atoms with Gasteiger partial charge in [0.1, 0.15) is 5.82 Å². The van der Waals surface area contributed by atoms with E-state index in [-0.39, 0.29) is 6.10 Å². The summed E-state index contributed by atoms with van der Waals surface area (Å²) in [6, 6.07) is 4.16. The van der Waals surface area contributed by atoms with Gasteiger partial charge in [-0.15, -0.1) is 0 Å². The summed E-state index contributed by atoms with van der Waals surface area (Å²) < 4.78 is 4.98. The van der Waals surface area contributed by atoms with E-state index in [2.05, 4.69) is 27.3 Å². The normalized spacial score (nSPS) is 16.8. The minimum Gasteiger partial charge on any atom is -0.393 e. The van der Waals surface area contributed by atoms with Crippen molar-refractivity contribution in [1.82, 2.24) is 10.3 Å². The van der Waals surface area contributed by atoms with Gasteiger partial charge in [-0.2, -0.15) is 0 Å². The van der Waals surface area contributed by atoms with Gasteiger partial charge in [-0.05, 0) is 24.5 Å². The average molecular weight is 265 g/mol. The fourth-order valence-electron chi connectivity index (χ4n) is 2.21. The van der Waals surface area contributed by atoms with E-state index in [1.165, 1.54) is 5.56 Å². The number of aromatic nitrogens is 1. The van der Waals surface area contributed by atoms with Crippen LogP contribution in [-0.4, -0.2) is 49.5 Å². The van der Waals surface area contributed by atoms with Gasteiger partial charge in [0.2, 0.25) is 0 Å². The molecule has 0 atom stereocenters. The van der Waals surface area contributed by atoms with Crippen LogP contribution in [0.4, 0.5) is 5.82 Å². The molecule has 0 saturated carbocycles. The SMILES string of the molecule is COCCNCc1ccc(N2CCC(O)CC2)nc1. The summed E-state index contributed by atoms with van der Waals surface area (Å²) in [7, 11) is 1.70. The molecule has 5 heteroatoms. The van der Waals surface area contributed by atoms with Crippen molar-refractivity contribution >= 4 is 5.82 Å². The van der Waals surface area contributed by atoms with Crippen molar-refractivity contribution in [2.24, 2.45) is 0 Å². The van der Waals surface area contributed by atoms with E-state index in [9.17, 15) is 5.11 Å². The van der Waals surface area contributed by atoms with E-state index in [4.69, 9.17) is 4.74 Å². The Morgan fingerprint density at radius 2 is 2.21 bits per heavy atom. The van der Waals surface area contributed by atoms with Crippen LogP contribution in [-0.2, 0) is 11.3 Å². The van der Waals surface area contributed by atoms with Crippen molar-refractivity contribution in [1.29, 1.82) is 0 Å². The molecule has 1 fully saturated rings. The molecule has 19 heavy (non-hydrogen) atoms. The molecule has 0 unspecified atom stereocenters. The molecule has 0 spiro atoms. The van der Waals surface area contributed by atoms with Crippen molar-refractivity contribution < 1.29 is 9.84 Å². The number of pyridine rings is 1. The molecule has 106 valence electrons. The highest BCUT2D eigenvalue weighted by atomic mass is 16.5. The molecule has 0 radical (unpaired) electrons. The predicted molar refractivity (Wildman–Crippen MR) is 75.3 cm³/mol. The van der Waals surface area contributed by atoms with Crippen molar-refractivity contribution in [2.45, 2.75) is 25.5 Å². The lowest BCUT2D eigenvalue weighted by Gasteiger charge is -2.30. The minimum absolute atomic E-state index is 0.138. The zero-order chi connectivity index (χ0) is 13.5. The zero-order valence-electron chi connectivity index (χ0n) is 11.5. The Balaban J connectivity index is 1.81. The summed E-state index contributed by atoms with van der Waals surface area (Å²) in [5.74, 6) is 1.01. The van der Waals surface area contributed by atoms with Gasteiger partial charge in [0.15, 0.2) is 0 Å². The maximum absolute atomic E-state index is 9.49. The molecule has 1 aliphatic heterocycles. The number of ether oxygens (including phenoxy) is 1. The molecule has 2 rings (SSSR count). The van der Waals surface area contributed by atoms with Crippen LogP contribution in [0.5, 0.6) is 0 Å². The van der Waals surface area contributed by atoms with Crippen LogP contribution in [0.25, 0.3) is 0 Å². The quantitative estimate of drug-likeness (QED) is 0.744. The van der Waals surface area contributed by atoms with Crippen LogP contribution in [0.2, 0.25) is 0 Å². The van der Waals surface area contributed by atoms with Crippen LogP contribution in [0, 0.1) is 0 Å². The number of nitrogens with one attached hydrogen (secondary N) is 1. The third kappa shape index (κ3) is 4.45. The zero-order valence-corrected chi connectivity index (χ0v) is 11.5. The van der Waals surface area contributed by atoms with Gasteiger partial charge in [0.05, 0.1) is 12.7 Å². The molecule has 0 bridgehead atoms. The molecule has 0 aromatic carbocycles. The monoisotopic (exact) mass is 265 g/mol. The number of rotatable bonds is 6. The van der Waals surface area contributed by atoms with Crippen LogP contribution in [0.15, 0.2) is 18.3 Å². The highest BCUT2D eigenvalue weighted by molar-refractivity contribution is 5.39. The van der Waals surface area contributed by atoms with E-state index in [0.29, 0.717) is 0 Å². The van der Waals surface area contributed by atoms with Crippen LogP contribution in [0.1, 0.15) is 18.4 Å². The molecule has 0 amide bonds. The Labute approximate surface area is 114 Å². The maximum atomic E-state index is 9.49. The number of aliphatic hydroxyl groups excluding tert-OH is 1. The van der Waals surface area contributed by atoms with Gasteiger partial charge in [-0.25, -0.2) is 4.98 Å². The van der Waals surface area contributed by atoms with Gasteiger partial charge < -0.3 is 20.1 Å². The van der Waals surface area contributed by atoms with Gasteiger partial charge in [-0.1, -0.05) is 6.07 Å². The number of aliphatic hydroxyl groups is 1. The molecular formula is C14H23N3O2. The number of methoxy groups -OCH3 is 1. The second-order valence-electron chi connectivity index (χ2n) is 4.91. The maximum Gasteiger partial charge on any atom is 0.128 e. The van der Waals surface area contributed by atoms with Gasteiger partial charge in [0.25, 0.3) is 0 Å². The molecule has 1 aliphatic rings. The Bertz CT molecular complexity index is 361. The Morgan fingerprint density at radius 3 is 2.84 bits per heavy atom. The third-order valence-corrected chi connectivity index (χ3v) is 3.41. The number of hydrogen-bond donors (Lipinski definition) is 2. The molecular weight excluding hydrogens is 242 g/mol. The molecule has 1 aromatic rings. The lowest BCUT2D eigenvalue weighted by molar-refractivity contribution is 0.145. The second-order valence-corrected chi connectivity index (χ2v) is 4.91. The summed E-state index contributed by atoms with van der Waals surface area (Å²) in [6.07, 6.45) is 3.45. The molecule has 0 aliphatic carbocycles.